The van der Waals surface area contributed by atoms with Gasteiger partial charge >= 0.3 is 0 Å². The summed E-state index contributed by atoms with van der Waals surface area (Å²) in [7, 11) is -4.15. The maximum absolute atomic E-state index is 14.1. The molecule has 0 radical (unpaired) electrons. The molecule has 2 atom stereocenters. The molecule has 168 valence electrons. The van der Waals surface area contributed by atoms with Crippen molar-refractivity contribution in [2.24, 2.45) is 0 Å². The van der Waals surface area contributed by atoms with Crippen molar-refractivity contribution in [3.05, 3.63) is 120 Å². The van der Waals surface area contributed by atoms with E-state index in [1.807, 2.05) is 12.1 Å². The molecule has 0 aromatic heterocycles. The summed E-state index contributed by atoms with van der Waals surface area (Å²) in [6, 6.07) is 30.8. The van der Waals surface area contributed by atoms with Crippen molar-refractivity contribution in [1.29, 1.82) is 0 Å². The molecular weight excluding hydrogens is 436 g/mol. The van der Waals surface area contributed by atoms with Crippen molar-refractivity contribution in [2.45, 2.75) is 10.9 Å². The third-order valence-electron chi connectivity index (χ3n) is 4.94. The second-order valence-electron chi connectivity index (χ2n) is 7.45. The Morgan fingerprint density at radius 1 is 0.545 bits per heavy atom. The van der Waals surface area contributed by atoms with E-state index in [1.165, 1.54) is 0 Å². The number of nitrogen functional groups attached to an aromatic ring is 2. The van der Waals surface area contributed by atoms with E-state index in [9.17, 15) is 8.42 Å². The summed E-state index contributed by atoms with van der Waals surface area (Å²) in [4.78, 5) is 0. The predicted octanol–water partition coefficient (Wildman–Crippen LogP) is 5.12. The second kappa shape index (κ2) is 9.67. The molecule has 0 spiro atoms. The molecule has 33 heavy (non-hydrogen) atoms. The highest BCUT2D eigenvalue weighted by Gasteiger charge is 2.40. The maximum atomic E-state index is 14.1. The number of ether oxygens (including phenoxy) is 2. The number of anilines is 2. The lowest BCUT2D eigenvalue weighted by Gasteiger charge is -2.27. The molecule has 4 aromatic carbocycles. The highest BCUT2D eigenvalue weighted by molar-refractivity contribution is 7.91. The van der Waals surface area contributed by atoms with E-state index in [0.717, 1.165) is 0 Å². The summed E-state index contributed by atoms with van der Waals surface area (Å²) in [5, 5.41) is 0. The van der Waals surface area contributed by atoms with Gasteiger partial charge in [0, 0.05) is 22.5 Å². The molecule has 6 nitrogen and oxygen atoms in total. The normalized spacial score (nSPS) is 13.1. The minimum Gasteiger partial charge on any atom is -0.470 e. The molecule has 4 rings (SSSR count). The molecule has 0 bridgehead atoms. The van der Waals surface area contributed by atoms with Crippen LogP contribution in [0.25, 0.3) is 0 Å². The van der Waals surface area contributed by atoms with Crippen LogP contribution in [0, 0.1) is 0 Å². The number of hydrogen-bond acceptors (Lipinski definition) is 6. The van der Waals surface area contributed by atoms with Crippen LogP contribution in [0.15, 0.2) is 109 Å². The topological polar surface area (TPSA) is 105 Å². The van der Waals surface area contributed by atoms with Crippen molar-refractivity contribution < 1.29 is 17.9 Å². The lowest BCUT2D eigenvalue weighted by molar-refractivity contribution is 0.242. The van der Waals surface area contributed by atoms with Gasteiger partial charge < -0.3 is 20.9 Å². The van der Waals surface area contributed by atoms with E-state index in [4.69, 9.17) is 20.9 Å². The Morgan fingerprint density at radius 2 is 0.939 bits per heavy atom. The molecule has 0 amide bonds. The molecule has 4 N–H and O–H groups in total. The number of para-hydroxylation sites is 2. The predicted molar refractivity (Wildman–Crippen MR) is 130 cm³/mol. The summed E-state index contributed by atoms with van der Waals surface area (Å²) in [5.74, 6) is 0.805. The molecule has 0 fully saturated rings. The van der Waals surface area contributed by atoms with E-state index in [2.05, 4.69) is 0 Å². The van der Waals surface area contributed by atoms with E-state index in [0.29, 0.717) is 34.0 Å². The van der Waals surface area contributed by atoms with Crippen LogP contribution < -0.4 is 20.9 Å². The molecule has 7 heteroatoms. The average Bonchev–Trinajstić information content (AvgIpc) is 2.82. The largest absolute Gasteiger partial charge is 0.470 e. The summed E-state index contributed by atoms with van der Waals surface area (Å²) < 4.78 is 40.3. The van der Waals surface area contributed by atoms with E-state index in [1.54, 1.807) is 97.1 Å². The fourth-order valence-electron chi connectivity index (χ4n) is 3.42. The van der Waals surface area contributed by atoms with Gasteiger partial charge in [0.15, 0.2) is 0 Å². The highest BCUT2D eigenvalue weighted by Crippen LogP contribution is 2.38. The van der Waals surface area contributed by atoms with Crippen LogP contribution in [0.3, 0.4) is 0 Å². The second-order valence-corrected chi connectivity index (χ2v) is 9.49. The Kier molecular flexibility index (Phi) is 6.51. The van der Waals surface area contributed by atoms with Crippen LogP contribution in [0.2, 0.25) is 0 Å². The fraction of sp³-hybridized carbons (Fsp3) is 0.0769. The average molecular weight is 461 g/mol. The number of rotatable bonds is 8. The van der Waals surface area contributed by atoms with Crippen LogP contribution in [-0.4, -0.2) is 8.42 Å². The summed E-state index contributed by atoms with van der Waals surface area (Å²) in [5.41, 5.74) is 10.8. The maximum Gasteiger partial charge on any atom is 0.234 e. The van der Waals surface area contributed by atoms with Crippen molar-refractivity contribution in [2.75, 3.05) is 11.5 Å². The van der Waals surface area contributed by atoms with E-state index >= 15 is 0 Å². The van der Waals surface area contributed by atoms with Gasteiger partial charge in [-0.25, -0.2) is 8.42 Å². The Bertz CT molecular complexity index is 1220. The molecule has 0 aliphatic carbocycles. The number of nitrogens with two attached hydrogens (primary N) is 2. The van der Waals surface area contributed by atoms with Crippen LogP contribution in [0.1, 0.15) is 22.0 Å². The molecule has 4 aromatic rings. The summed E-state index contributed by atoms with van der Waals surface area (Å²) in [6.45, 7) is 0. The van der Waals surface area contributed by atoms with Crippen LogP contribution in [0.5, 0.6) is 11.5 Å². The number of hydrogen-bond donors (Lipinski definition) is 2. The molecular formula is C26H24N2O4S. The standard InChI is InChI=1S/C26H24N2O4S/c27-21-11-7-9-19(17-21)25(31-23-13-3-1-4-14-23)33(29,30)26(20-10-8-12-22(28)18-20)32-24-15-5-2-6-16-24/h1-18,25-26H,27-28H2. The van der Waals surface area contributed by atoms with Gasteiger partial charge in [-0.2, -0.15) is 0 Å². The van der Waals surface area contributed by atoms with Gasteiger partial charge in [-0.1, -0.05) is 60.7 Å². The minimum atomic E-state index is -4.15. The quantitative estimate of drug-likeness (QED) is 0.354. The molecule has 0 saturated carbocycles. The molecule has 0 aliphatic rings. The lowest BCUT2D eigenvalue weighted by atomic mass is 10.2. The van der Waals surface area contributed by atoms with Gasteiger partial charge in [-0.15, -0.1) is 0 Å². The smallest absolute Gasteiger partial charge is 0.234 e. The zero-order valence-corrected chi connectivity index (χ0v) is 18.6. The minimum absolute atomic E-state index is 0.393. The zero-order valence-electron chi connectivity index (χ0n) is 17.7. The van der Waals surface area contributed by atoms with Crippen LogP contribution >= 0.6 is 0 Å². The summed E-state index contributed by atoms with van der Waals surface area (Å²) in [6.07, 6.45) is 0. The Hall–Kier alpha value is -3.97. The lowest BCUT2D eigenvalue weighted by Crippen LogP contribution is -2.28. The molecule has 0 aliphatic heterocycles. The fourth-order valence-corrected chi connectivity index (χ4v) is 5.19. The highest BCUT2D eigenvalue weighted by atomic mass is 32.2. The SMILES string of the molecule is Nc1cccc(C(Oc2ccccc2)S(=O)(=O)C(Oc2ccccc2)c2cccc(N)c2)c1. The first kappa shape index (κ1) is 22.2. The van der Waals surface area contributed by atoms with Gasteiger partial charge in [0.2, 0.25) is 20.7 Å². The van der Waals surface area contributed by atoms with Crippen LogP contribution in [0.4, 0.5) is 11.4 Å². The first-order chi connectivity index (χ1) is 15.9. The van der Waals surface area contributed by atoms with E-state index in [-0.39, 0.29) is 0 Å². The van der Waals surface area contributed by atoms with E-state index < -0.39 is 20.7 Å². The Morgan fingerprint density at radius 3 is 1.30 bits per heavy atom. The monoisotopic (exact) mass is 460 g/mol. The third-order valence-corrected chi connectivity index (χ3v) is 6.87. The third kappa shape index (κ3) is 5.27. The Labute approximate surface area is 193 Å². The van der Waals surface area contributed by atoms with Crippen molar-refractivity contribution in [1.82, 2.24) is 0 Å². The number of sulfone groups is 1. The molecule has 0 saturated heterocycles. The van der Waals surface area contributed by atoms with Gasteiger partial charge in [-0.3, -0.25) is 0 Å². The zero-order chi connectivity index (χ0) is 23.3. The summed E-state index contributed by atoms with van der Waals surface area (Å²) >= 11 is 0. The first-order valence-electron chi connectivity index (χ1n) is 10.3. The molecule has 2 unspecified atom stereocenters. The van der Waals surface area contributed by atoms with Crippen LogP contribution in [-0.2, 0) is 9.84 Å². The van der Waals surface area contributed by atoms with Gasteiger partial charge in [-0.05, 0) is 48.5 Å². The van der Waals surface area contributed by atoms with Gasteiger partial charge in [0.05, 0.1) is 0 Å². The van der Waals surface area contributed by atoms with Gasteiger partial charge in [0.25, 0.3) is 0 Å². The van der Waals surface area contributed by atoms with Gasteiger partial charge in [0.1, 0.15) is 11.5 Å². The number of benzene rings is 4. The Balaban J connectivity index is 1.84. The van der Waals surface area contributed by atoms with Crippen molar-refractivity contribution >= 4 is 21.2 Å². The van der Waals surface area contributed by atoms with Crippen molar-refractivity contribution in [3.8, 4) is 11.5 Å². The molecule has 0 heterocycles. The van der Waals surface area contributed by atoms with Crippen molar-refractivity contribution in [3.63, 3.8) is 0 Å². The first-order valence-corrected chi connectivity index (χ1v) is 11.9.